The number of benzene rings is 2. The number of likely N-dealkylation sites (tertiary alicyclic amines) is 1. The summed E-state index contributed by atoms with van der Waals surface area (Å²) in [6.07, 6.45) is 3.14. The average Bonchev–Trinajstić information content (AvgIpc) is 3.22. The number of aliphatic hydroxyl groups excluding tert-OH is 1. The second-order valence-electron chi connectivity index (χ2n) is 9.25. The number of aliphatic hydroxyl groups is 1. The minimum absolute atomic E-state index is 0.0148. The lowest BCUT2D eigenvalue weighted by atomic mass is 9.84. The fourth-order valence-electron chi connectivity index (χ4n) is 5.25. The highest BCUT2D eigenvalue weighted by molar-refractivity contribution is 5.99. The molecule has 3 aliphatic heterocycles. The molecule has 0 saturated carbocycles. The number of nitrogens with one attached hydrogen (secondary N) is 2. The third-order valence-electron chi connectivity index (χ3n) is 6.90. The first-order valence-electron chi connectivity index (χ1n) is 12.1. The number of fused-ring (bicyclic) bond motifs is 3. The summed E-state index contributed by atoms with van der Waals surface area (Å²) in [6.45, 7) is 1.45. The summed E-state index contributed by atoms with van der Waals surface area (Å²) in [7, 11) is 0. The zero-order valence-electron chi connectivity index (χ0n) is 19.1. The minimum atomic E-state index is -0.497. The number of carbonyl (C=O) groups is 2. The Labute approximate surface area is 199 Å². The highest BCUT2D eigenvalue weighted by Crippen LogP contribution is 2.47. The molecule has 4 atom stereocenters. The molecule has 3 heterocycles. The molecule has 2 saturated heterocycles. The Morgan fingerprint density at radius 3 is 2.53 bits per heavy atom. The zero-order chi connectivity index (χ0) is 23.5. The van der Waals surface area contributed by atoms with Gasteiger partial charge in [0.2, 0.25) is 5.91 Å². The van der Waals surface area contributed by atoms with E-state index in [4.69, 9.17) is 9.47 Å². The van der Waals surface area contributed by atoms with Crippen molar-refractivity contribution in [2.45, 2.75) is 56.3 Å². The molecule has 0 spiro atoms. The molecule has 0 unspecified atom stereocenters. The number of carbonyl (C=O) groups excluding carboxylic acids is 2. The van der Waals surface area contributed by atoms with Gasteiger partial charge < -0.3 is 30.1 Å². The number of ether oxygens (including phenoxy) is 2. The number of amides is 3. The lowest BCUT2D eigenvalue weighted by molar-refractivity contribution is -0.149. The Morgan fingerprint density at radius 1 is 1.00 bits per heavy atom. The van der Waals surface area contributed by atoms with E-state index in [2.05, 4.69) is 10.6 Å². The van der Waals surface area contributed by atoms with Crippen molar-refractivity contribution >= 4 is 23.3 Å². The summed E-state index contributed by atoms with van der Waals surface area (Å²) >= 11 is 0. The van der Waals surface area contributed by atoms with Gasteiger partial charge in [0.1, 0.15) is 18.0 Å². The van der Waals surface area contributed by atoms with Crippen LogP contribution >= 0.6 is 0 Å². The maximum Gasteiger partial charge on any atom is 0.323 e. The predicted octanol–water partition coefficient (Wildman–Crippen LogP) is 3.73. The summed E-state index contributed by atoms with van der Waals surface area (Å²) in [5, 5.41) is 15.7. The topological polar surface area (TPSA) is 100 Å². The summed E-state index contributed by atoms with van der Waals surface area (Å²) in [5.74, 6) is 0.833. The average molecular weight is 466 g/mol. The number of hydrogen-bond donors (Lipinski definition) is 3. The molecule has 8 heteroatoms. The van der Waals surface area contributed by atoms with Gasteiger partial charge >= 0.3 is 6.03 Å². The molecule has 2 aromatic rings. The van der Waals surface area contributed by atoms with E-state index >= 15 is 0 Å². The first-order valence-corrected chi connectivity index (χ1v) is 12.1. The van der Waals surface area contributed by atoms with Crippen molar-refractivity contribution < 1.29 is 24.2 Å². The largest absolute Gasteiger partial charge is 0.487 e. The quantitative estimate of drug-likeness (QED) is 0.625. The van der Waals surface area contributed by atoms with Crippen molar-refractivity contribution in [3.63, 3.8) is 0 Å². The maximum atomic E-state index is 12.8. The van der Waals surface area contributed by atoms with E-state index in [1.54, 1.807) is 6.07 Å². The molecule has 0 aromatic heterocycles. The molecule has 5 rings (SSSR count). The Kier molecular flexibility index (Phi) is 6.69. The Hall–Kier alpha value is -3.10. The van der Waals surface area contributed by atoms with Crippen molar-refractivity contribution in [1.82, 2.24) is 4.90 Å². The van der Waals surface area contributed by atoms with Crippen molar-refractivity contribution in [2.24, 2.45) is 0 Å². The van der Waals surface area contributed by atoms with Gasteiger partial charge in [-0.05, 0) is 56.0 Å². The molecule has 3 N–H and O–H groups in total. The van der Waals surface area contributed by atoms with Gasteiger partial charge in [-0.25, -0.2) is 4.79 Å². The second-order valence-corrected chi connectivity index (χ2v) is 9.25. The normalized spacial score (nSPS) is 25.6. The van der Waals surface area contributed by atoms with Crippen LogP contribution in [0.15, 0.2) is 48.5 Å². The van der Waals surface area contributed by atoms with Gasteiger partial charge in [-0.1, -0.05) is 18.2 Å². The van der Waals surface area contributed by atoms with Crippen LogP contribution in [-0.2, 0) is 9.53 Å². The first-order chi connectivity index (χ1) is 16.6. The van der Waals surface area contributed by atoms with Crippen LogP contribution in [0.2, 0.25) is 0 Å². The monoisotopic (exact) mass is 465 g/mol. The van der Waals surface area contributed by atoms with Crippen molar-refractivity contribution in [3.05, 3.63) is 54.1 Å². The summed E-state index contributed by atoms with van der Waals surface area (Å²) in [6, 6.07) is 14.5. The fourth-order valence-corrected chi connectivity index (χ4v) is 5.25. The molecule has 0 radical (unpaired) electrons. The first kappa shape index (κ1) is 22.7. The molecule has 34 heavy (non-hydrogen) atoms. The van der Waals surface area contributed by atoms with Crippen LogP contribution in [0.4, 0.5) is 16.2 Å². The smallest absolute Gasteiger partial charge is 0.323 e. The van der Waals surface area contributed by atoms with Crippen LogP contribution in [0.1, 0.15) is 43.6 Å². The number of urea groups is 1. The third-order valence-corrected chi connectivity index (χ3v) is 6.90. The Morgan fingerprint density at radius 2 is 1.76 bits per heavy atom. The van der Waals surface area contributed by atoms with Crippen LogP contribution in [0.3, 0.4) is 0 Å². The van der Waals surface area contributed by atoms with Gasteiger partial charge in [0.25, 0.3) is 0 Å². The number of hydrogen-bond acceptors (Lipinski definition) is 5. The zero-order valence-corrected chi connectivity index (χ0v) is 19.1. The van der Waals surface area contributed by atoms with Crippen molar-refractivity contribution in [2.75, 3.05) is 30.3 Å². The van der Waals surface area contributed by atoms with Crippen LogP contribution in [0, 0.1) is 0 Å². The van der Waals surface area contributed by atoms with Crippen LogP contribution in [0.25, 0.3) is 0 Å². The van der Waals surface area contributed by atoms with Gasteiger partial charge in [-0.3, -0.25) is 4.79 Å². The highest BCUT2D eigenvalue weighted by Gasteiger charge is 2.46. The van der Waals surface area contributed by atoms with Gasteiger partial charge in [-0.15, -0.1) is 0 Å². The van der Waals surface area contributed by atoms with E-state index in [1.165, 1.54) is 6.42 Å². The second kappa shape index (κ2) is 10.0. The number of anilines is 2. The summed E-state index contributed by atoms with van der Waals surface area (Å²) in [5.41, 5.74) is 2.34. The fraction of sp³-hybridized carbons (Fsp3) is 0.462. The van der Waals surface area contributed by atoms with E-state index in [9.17, 15) is 14.7 Å². The van der Waals surface area contributed by atoms with Crippen LogP contribution < -0.4 is 15.4 Å². The van der Waals surface area contributed by atoms with Crippen LogP contribution in [-0.4, -0.2) is 60.0 Å². The molecular weight excluding hydrogens is 434 g/mol. The molecule has 0 bridgehead atoms. The SMILES string of the molecule is O=C(Nc1ccccc1)Nc1ccc2c(c1)[C@H]1C[C@H](CC(=O)N3CCCCC3)O[C@@H](CO)[C@H]1O2. The number of para-hydroxylation sites is 1. The van der Waals surface area contributed by atoms with E-state index in [-0.39, 0.29) is 36.7 Å². The Bertz CT molecular complexity index is 1020. The van der Waals surface area contributed by atoms with Gasteiger partial charge in [0.05, 0.1) is 19.1 Å². The van der Waals surface area contributed by atoms with E-state index in [1.807, 2.05) is 47.4 Å². The minimum Gasteiger partial charge on any atom is -0.487 e. The molecule has 0 aliphatic carbocycles. The predicted molar refractivity (Wildman–Crippen MR) is 128 cm³/mol. The number of nitrogens with zero attached hydrogens (tertiary/aromatic N) is 1. The standard InChI is InChI=1S/C26H31N3O5/c30-16-23-25-21(14-19(33-23)15-24(31)29-11-5-2-6-12-29)20-13-18(9-10-22(20)34-25)28-26(32)27-17-7-3-1-4-8-17/h1,3-4,7-10,13,19,21,23,25,30H,2,5-6,11-12,14-16H2,(H2,27,28,32)/t19-,21-,23+,25+/m1/s1. The molecule has 3 amide bonds. The van der Waals surface area contributed by atoms with E-state index in [0.717, 1.165) is 37.2 Å². The molecule has 2 aromatic carbocycles. The molecule has 3 aliphatic rings. The number of piperidine rings is 1. The lowest BCUT2D eigenvalue weighted by Gasteiger charge is -2.38. The van der Waals surface area contributed by atoms with Crippen LogP contribution in [0.5, 0.6) is 5.75 Å². The van der Waals surface area contributed by atoms with Gasteiger partial charge in [0.15, 0.2) is 0 Å². The van der Waals surface area contributed by atoms with Gasteiger partial charge in [0, 0.05) is 35.9 Å². The molecule has 8 nitrogen and oxygen atoms in total. The lowest BCUT2D eigenvalue weighted by Crippen LogP contribution is -2.48. The van der Waals surface area contributed by atoms with E-state index in [0.29, 0.717) is 24.2 Å². The molecular formula is C26H31N3O5. The Balaban J connectivity index is 1.28. The third kappa shape index (κ3) is 4.88. The maximum absolute atomic E-state index is 12.8. The molecule has 2 fully saturated rings. The van der Waals surface area contributed by atoms with E-state index < -0.39 is 6.10 Å². The number of rotatable bonds is 5. The molecule has 180 valence electrons. The summed E-state index contributed by atoms with van der Waals surface area (Å²) < 4.78 is 12.2. The van der Waals surface area contributed by atoms with Gasteiger partial charge in [-0.2, -0.15) is 0 Å². The summed E-state index contributed by atoms with van der Waals surface area (Å²) in [4.78, 5) is 27.2. The highest BCUT2D eigenvalue weighted by atomic mass is 16.6. The van der Waals surface area contributed by atoms with Crippen molar-refractivity contribution in [3.8, 4) is 5.75 Å². The van der Waals surface area contributed by atoms with Crippen molar-refractivity contribution in [1.29, 1.82) is 0 Å².